The van der Waals surface area contributed by atoms with E-state index in [-0.39, 0.29) is 22.2 Å². The number of rotatable bonds is 16. The summed E-state index contributed by atoms with van der Waals surface area (Å²) in [6.45, 7) is 16.5. The molecule has 3 heterocycles. The first-order valence-corrected chi connectivity index (χ1v) is 23.0. The molecule has 0 bridgehead atoms. The van der Waals surface area contributed by atoms with E-state index in [1.165, 1.54) is 11.1 Å². The molecule has 3 fully saturated rings. The van der Waals surface area contributed by atoms with Crippen molar-refractivity contribution in [2.45, 2.75) is 101 Å². The number of anilines is 1. The number of unbranched alkanes of at least 4 members (excludes halogenated alkanes) is 1. The number of nitrogens with one attached hydrogen (secondary N) is 1. The maximum atomic E-state index is 13.7. The van der Waals surface area contributed by atoms with Crippen LogP contribution in [0.4, 0.5) is 5.69 Å². The van der Waals surface area contributed by atoms with Crippen molar-refractivity contribution in [3.8, 4) is 5.75 Å². The van der Waals surface area contributed by atoms with Crippen molar-refractivity contribution in [3.63, 3.8) is 0 Å². The second-order valence-electron chi connectivity index (χ2n) is 17.2. The van der Waals surface area contributed by atoms with Crippen LogP contribution in [-0.4, -0.2) is 123 Å². The number of benzene rings is 2. The topological polar surface area (TPSA) is 92.8 Å². The molecule has 7 rings (SSSR count). The number of morpholine rings is 1. The van der Waals surface area contributed by atoms with Gasteiger partial charge in [0.15, 0.2) is 0 Å². The summed E-state index contributed by atoms with van der Waals surface area (Å²) in [7, 11) is 0.0932. The standard InChI is InChI=1S/C44H65ClN4O6S/c1-5-7-18-44(55-6-2,30-47-19-20-48-21-23-53-28-37(48)27-47)39-13-10-35(39)26-49-29-43(17-8-9-33-24-36(45)12-14-38(33)43)31-54-41-15-11-34(25-40(41)49)42(50)46-56(51)32(3)16-22-52-4/h11-12,14-15,24-25,32,35,37,39H,5-10,13,16-23,26-31H2,1-4H3,(H,46,50)/t32?,35?,37?,39?,43-,44-,56?/m0/s1. The Labute approximate surface area is 342 Å². The van der Waals surface area contributed by atoms with E-state index in [0.717, 1.165) is 127 Å². The van der Waals surface area contributed by atoms with Gasteiger partial charge in [-0.1, -0.05) is 37.4 Å². The largest absolute Gasteiger partial charge is 0.490 e. The Morgan fingerprint density at radius 1 is 1.16 bits per heavy atom. The summed E-state index contributed by atoms with van der Waals surface area (Å²) in [6.07, 6.45) is 9.32. The van der Waals surface area contributed by atoms with E-state index in [9.17, 15) is 9.00 Å². The van der Waals surface area contributed by atoms with Crippen molar-refractivity contribution in [1.29, 1.82) is 0 Å². The average molecular weight is 814 g/mol. The van der Waals surface area contributed by atoms with E-state index < -0.39 is 11.0 Å². The van der Waals surface area contributed by atoms with Crippen molar-refractivity contribution < 1.29 is 28.0 Å². The van der Waals surface area contributed by atoms with Crippen LogP contribution in [0.5, 0.6) is 5.75 Å². The Bertz CT molecular complexity index is 1680. The van der Waals surface area contributed by atoms with Gasteiger partial charge in [0, 0.05) is 88.2 Å². The van der Waals surface area contributed by atoms with Crippen LogP contribution < -0.4 is 14.4 Å². The van der Waals surface area contributed by atoms with E-state index >= 15 is 0 Å². The number of ether oxygens (including phenoxy) is 4. The maximum Gasteiger partial charge on any atom is 0.263 e. The van der Waals surface area contributed by atoms with Crippen LogP contribution >= 0.6 is 11.6 Å². The normalized spacial score (nSPS) is 27.4. The highest BCUT2D eigenvalue weighted by Crippen LogP contribution is 2.50. The number of amides is 1. The molecule has 1 saturated carbocycles. The average Bonchev–Trinajstić information content (AvgIpc) is 3.34. The van der Waals surface area contributed by atoms with Crippen LogP contribution in [0.25, 0.3) is 0 Å². The number of fused-ring (bicyclic) bond motifs is 4. The third-order valence-corrected chi connectivity index (χ3v) is 15.1. The number of hydrogen-bond donors (Lipinski definition) is 1. The summed E-state index contributed by atoms with van der Waals surface area (Å²) in [5.74, 6) is 1.28. The molecule has 56 heavy (non-hydrogen) atoms. The summed E-state index contributed by atoms with van der Waals surface area (Å²) in [5, 5.41) is 0.544. The number of carbonyl (C=O) groups excluding carboxylic acids is 1. The molecule has 2 aromatic rings. The number of carbonyl (C=O) groups is 1. The molecule has 2 aliphatic carbocycles. The molecule has 1 spiro atoms. The Kier molecular flexibility index (Phi) is 14.0. The van der Waals surface area contributed by atoms with Gasteiger partial charge < -0.3 is 23.8 Å². The SMILES string of the molecule is CCCC[C@@](CN1CCN2CCOCC2C1)(OCC)C1CCC1CN1C[C@@]2(CCCc3cc(Cl)ccc32)COc2ccc(C(=O)NS(=O)C(C)CCOC)cc21. The number of piperazine rings is 1. The highest BCUT2D eigenvalue weighted by atomic mass is 35.5. The highest BCUT2D eigenvalue weighted by Gasteiger charge is 2.51. The molecule has 2 saturated heterocycles. The van der Waals surface area contributed by atoms with E-state index in [1.54, 1.807) is 7.11 Å². The van der Waals surface area contributed by atoms with E-state index in [1.807, 2.05) is 31.2 Å². The van der Waals surface area contributed by atoms with E-state index in [0.29, 0.717) is 49.7 Å². The van der Waals surface area contributed by atoms with E-state index in [2.05, 4.69) is 45.4 Å². The summed E-state index contributed by atoms with van der Waals surface area (Å²) in [5.41, 5.74) is 3.60. The first-order chi connectivity index (χ1) is 27.2. The quantitative estimate of drug-likeness (QED) is 0.201. The third-order valence-electron chi connectivity index (χ3n) is 13.5. The summed E-state index contributed by atoms with van der Waals surface area (Å²) in [6, 6.07) is 12.6. The van der Waals surface area contributed by atoms with Gasteiger partial charge in [0.25, 0.3) is 5.91 Å². The van der Waals surface area contributed by atoms with Crippen LogP contribution in [0.15, 0.2) is 36.4 Å². The lowest BCUT2D eigenvalue weighted by molar-refractivity contribution is -0.153. The van der Waals surface area contributed by atoms with Gasteiger partial charge in [-0.05, 0) is 112 Å². The molecule has 0 radical (unpaired) electrons. The van der Waals surface area contributed by atoms with Gasteiger partial charge in [-0.15, -0.1) is 0 Å². The Balaban J connectivity index is 1.19. The van der Waals surface area contributed by atoms with Crippen molar-refractivity contribution in [3.05, 3.63) is 58.1 Å². The molecule has 12 heteroatoms. The molecule has 1 amide bonds. The Morgan fingerprint density at radius 2 is 2.04 bits per heavy atom. The van der Waals surface area contributed by atoms with Gasteiger partial charge >= 0.3 is 0 Å². The third kappa shape index (κ3) is 9.14. The fraction of sp³-hybridized carbons (Fsp3) is 0.705. The lowest BCUT2D eigenvalue weighted by Crippen LogP contribution is -2.63. The summed E-state index contributed by atoms with van der Waals surface area (Å²) < 4.78 is 40.8. The lowest BCUT2D eigenvalue weighted by atomic mass is 9.62. The van der Waals surface area contributed by atoms with Gasteiger partial charge in [-0.25, -0.2) is 4.21 Å². The summed E-state index contributed by atoms with van der Waals surface area (Å²) in [4.78, 5) is 21.5. The van der Waals surface area contributed by atoms with Crippen molar-refractivity contribution in [1.82, 2.24) is 14.5 Å². The molecule has 1 N–H and O–H groups in total. The number of aryl methyl sites for hydroxylation is 1. The summed E-state index contributed by atoms with van der Waals surface area (Å²) >= 11 is 6.55. The fourth-order valence-electron chi connectivity index (χ4n) is 10.4. The maximum absolute atomic E-state index is 13.7. The highest BCUT2D eigenvalue weighted by molar-refractivity contribution is 7.84. The lowest BCUT2D eigenvalue weighted by Gasteiger charge is -2.54. The van der Waals surface area contributed by atoms with Gasteiger partial charge in [0.1, 0.15) is 16.7 Å². The van der Waals surface area contributed by atoms with Gasteiger partial charge in [0.05, 0.1) is 36.4 Å². The first-order valence-electron chi connectivity index (χ1n) is 21.4. The van der Waals surface area contributed by atoms with Gasteiger partial charge in [-0.2, -0.15) is 0 Å². The van der Waals surface area contributed by atoms with Crippen LogP contribution in [0.2, 0.25) is 5.02 Å². The van der Waals surface area contributed by atoms with Crippen LogP contribution in [0.1, 0.15) is 93.6 Å². The molecule has 5 unspecified atom stereocenters. The molecule has 7 atom stereocenters. The number of nitrogens with zero attached hydrogens (tertiary/aromatic N) is 3. The van der Waals surface area contributed by atoms with Crippen molar-refractivity contribution in [2.75, 3.05) is 90.9 Å². The molecule has 2 aromatic carbocycles. The second kappa shape index (κ2) is 18.8. The molecule has 0 aromatic heterocycles. The molecule has 10 nitrogen and oxygen atoms in total. The van der Waals surface area contributed by atoms with Crippen LogP contribution in [0.3, 0.4) is 0 Å². The van der Waals surface area contributed by atoms with Crippen molar-refractivity contribution >= 4 is 34.2 Å². The molecule has 310 valence electrons. The smallest absolute Gasteiger partial charge is 0.263 e. The van der Waals surface area contributed by atoms with Crippen LogP contribution in [0, 0.1) is 11.8 Å². The monoisotopic (exact) mass is 812 g/mol. The molecular formula is C44H65ClN4O6S. The number of halogens is 1. The second-order valence-corrected chi connectivity index (χ2v) is 19.2. The minimum atomic E-state index is -1.54. The minimum absolute atomic E-state index is 0.224. The number of methoxy groups -OCH3 is 1. The molecule has 3 aliphatic heterocycles. The zero-order valence-corrected chi connectivity index (χ0v) is 35.8. The zero-order valence-electron chi connectivity index (χ0n) is 34.2. The van der Waals surface area contributed by atoms with Crippen molar-refractivity contribution in [2.24, 2.45) is 11.8 Å². The van der Waals surface area contributed by atoms with Gasteiger partial charge in [0.2, 0.25) is 0 Å². The van der Waals surface area contributed by atoms with Crippen LogP contribution in [-0.2, 0) is 37.0 Å². The predicted molar refractivity (Wildman–Crippen MR) is 224 cm³/mol. The Hall–Kier alpha value is -2.25. The van der Waals surface area contributed by atoms with Gasteiger partial charge in [-0.3, -0.25) is 19.3 Å². The zero-order chi connectivity index (χ0) is 39.3. The van der Waals surface area contributed by atoms with E-state index in [4.69, 9.17) is 30.5 Å². The number of hydrogen-bond acceptors (Lipinski definition) is 9. The molecule has 5 aliphatic rings. The Morgan fingerprint density at radius 3 is 2.82 bits per heavy atom. The fourth-order valence-corrected chi connectivity index (χ4v) is 11.4. The first kappa shape index (κ1) is 41.9. The molecular weight excluding hydrogens is 748 g/mol. The predicted octanol–water partition coefficient (Wildman–Crippen LogP) is 6.64. The minimum Gasteiger partial charge on any atom is -0.490 e.